The number of ether oxygens (including phenoxy) is 1. The molecule has 3 aromatic rings. The van der Waals surface area contributed by atoms with E-state index in [0.29, 0.717) is 24.6 Å². The number of aromatic nitrogens is 4. The summed E-state index contributed by atoms with van der Waals surface area (Å²) in [6.07, 6.45) is 4.49. The van der Waals surface area contributed by atoms with E-state index in [9.17, 15) is 9.59 Å². The van der Waals surface area contributed by atoms with E-state index in [2.05, 4.69) is 15.4 Å². The molecule has 2 aromatic heterocycles. The van der Waals surface area contributed by atoms with E-state index in [1.807, 2.05) is 35.8 Å². The summed E-state index contributed by atoms with van der Waals surface area (Å²) >= 11 is 0. The van der Waals surface area contributed by atoms with E-state index >= 15 is 0 Å². The first-order valence-corrected chi connectivity index (χ1v) is 10.6. The average molecular weight is 407 g/mol. The fourth-order valence-electron chi connectivity index (χ4n) is 4.34. The molecule has 30 heavy (non-hydrogen) atoms. The number of nitrogens with one attached hydrogen (secondary N) is 1. The minimum atomic E-state index is -0.126. The lowest BCUT2D eigenvalue weighted by molar-refractivity contribution is -0.122. The summed E-state index contributed by atoms with van der Waals surface area (Å²) in [6, 6.07) is 7.87. The normalized spacial score (nSPS) is 18.1. The van der Waals surface area contributed by atoms with Gasteiger partial charge in [-0.15, -0.1) is 5.10 Å². The van der Waals surface area contributed by atoms with Crippen molar-refractivity contribution in [2.45, 2.75) is 51.7 Å². The second-order valence-corrected chi connectivity index (χ2v) is 8.12. The van der Waals surface area contributed by atoms with Crippen LogP contribution in [-0.2, 0) is 28.9 Å². The summed E-state index contributed by atoms with van der Waals surface area (Å²) in [5.74, 6) is 0.804. The molecule has 1 N–H and O–H groups in total. The van der Waals surface area contributed by atoms with Gasteiger partial charge < -0.3 is 14.6 Å². The Labute approximate surface area is 173 Å². The molecule has 3 heterocycles. The highest BCUT2D eigenvalue weighted by atomic mass is 16.5. The summed E-state index contributed by atoms with van der Waals surface area (Å²) in [4.78, 5) is 30.3. The van der Waals surface area contributed by atoms with E-state index < -0.39 is 0 Å². The van der Waals surface area contributed by atoms with Gasteiger partial charge in [-0.25, -0.2) is 0 Å². The van der Waals surface area contributed by atoms with Crippen molar-refractivity contribution in [2.24, 2.45) is 0 Å². The summed E-state index contributed by atoms with van der Waals surface area (Å²) in [6.45, 7) is 3.41. The number of nitrogens with zero attached hydrogens (tertiary/aromatic N) is 4. The van der Waals surface area contributed by atoms with Gasteiger partial charge in [0.05, 0.1) is 6.10 Å². The maximum atomic E-state index is 13.0. The third kappa shape index (κ3) is 3.41. The molecule has 1 aromatic carbocycles. The SMILES string of the molecule is Cc1ccc(-c2nc3n(CC(=O)NCC4CCCO4)c4c(c(=O)n3n2)CCC4)cc1. The molecular weight excluding hydrogens is 382 g/mol. The molecule has 156 valence electrons. The average Bonchev–Trinajstić information content (AvgIpc) is 3.50. The Kier molecular flexibility index (Phi) is 4.86. The van der Waals surface area contributed by atoms with E-state index in [1.54, 1.807) is 0 Å². The Morgan fingerprint density at radius 1 is 1.23 bits per heavy atom. The Bertz CT molecular complexity index is 1160. The number of benzene rings is 1. The minimum absolute atomic E-state index is 0.0925. The second-order valence-electron chi connectivity index (χ2n) is 8.12. The zero-order valence-electron chi connectivity index (χ0n) is 17.1. The minimum Gasteiger partial charge on any atom is -0.376 e. The summed E-state index contributed by atoms with van der Waals surface area (Å²) < 4.78 is 8.80. The van der Waals surface area contributed by atoms with Gasteiger partial charge in [-0.05, 0) is 39.0 Å². The second kappa shape index (κ2) is 7.68. The molecule has 0 saturated carbocycles. The van der Waals surface area contributed by atoms with Gasteiger partial charge in [0.15, 0.2) is 5.82 Å². The highest BCUT2D eigenvalue weighted by Gasteiger charge is 2.25. The zero-order valence-corrected chi connectivity index (χ0v) is 17.1. The molecular formula is C22H25N5O3. The van der Waals surface area contributed by atoms with E-state index in [0.717, 1.165) is 54.7 Å². The first kappa shape index (κ1) is 19.0. The first-order chi connectivity index (χ1) is 14.6. The summed E-state index contributed by atoms with van der Waals surface area (Å²) in [5, 5.41) is 7.46. The number of carbonyl (C=O) groups is 1. The summed E-state index contributed by atoms with van der Waals surface area (Å²) in [5.41, 5.74) is 3.51. The lowest BCUT2D eigenvalue weighted by atomic mass is 10.1. The first-order valence-electron chi connectivity index (χ1n) is 10.6. The Morgan fingerprint density at radius 2 is 2.07 bits per heavy atom. The molecule has 8 heteroatoms. The Balaban J connectivity index is 1.51. The van der Waals surface area contributed by atoms with E-state index in [4.69, 9.17) is 4.74 Å². The van der Waals surface area contributed by atoms with Crippen molar-refractivity contribution in [3.63, 3.8) is 0 Å². The number of amides is 1. The van der Waals surface area contributed by atoms with Crippen LogP contribution in [0.5, 0.6) is 0 Å². The number of hydrogen-bond acceptors (Lipinski definition) is 5. The lowest BCUT2D eigenvalue weighted by Gasteiger charge is -2.15. The van der Waals surface area contributed by atoms with E-state index in [-0.39, 0.29) is 24.1 Å². The van der Waals surface area contributed by atoms with Gasteiger partial charge in [-0.1, -0.05) is 29.8 Å². The van der Waals surface area contributed by atoms with Gasteiger partial charge in [-0.3, -0.25) is 9.59 Å². The molecule has 1 amide bonds. The molecule has 1 aliphatic carbocycles. The molecule has 2 aliphatic rings. The van der Waals surface area contributed by atoms with Crippen LogP contribution in [0.2, 0.25) is 0 Å². The molecule has 5 rings (SSSR count). The lowest BCUT2D eigenvalue weighted by Crippen LogP contribution is -2.35. The highest BCUT2D eigenvalue weighted by Crippen LogP contribution is 2.22. The van der Waals surface area contributed by atoms with Crippen molar-refractivity contribution in [3.8, 4) is 11.4 Å². The Hall–Kier alpha value is -3.00. The predicted molar refractivity (Wildman–Crippen MR) is 111 cm³/mol. The third-order valence-corrected chi connectivity index (χ3v) is 5.96. The molecule has 1 fully saturated rings. The van der Waals surface area contributed by atoms with Crippen molar-refractivity contribution in [3.05, 3.63) is 51.4 Å². The maximum Gasteiger partial charge on any atom is 0.279 e. The molecule has 0 spiro atoms. The highest BCUT2D eigenvalue weighted by molar-refractivity contribution is 5.76. The fourth-order valence-corrected chi connectivity index (χ4v) is 4.34. The largest absolute Gasteiger partial charge is 0.376 e. The van der Waals surface area contributed by atoms with Gasteiger partial charge in [0.2, 0.25) is 11.7 Å². The van der Waals surface area contributed by atoms with Gasteiger partial charge in [0.25, 0.3) is 5.56 Å². The topological polar surface area (TPSA) is 90.5 Å². The zero-order chi connectivity index (χ0) is 20.7. The van der Waals surface area contributed by atoms with Crippen molar-refractivity contribution >= 4 is 11.7 Å². The third-order valence-electron chi connectivity index (χ3n) is 5.96. The van der Waals surface area contributed by atoms with Crippen LogP contribution in [-0.4, -0.2) is 44.3 Å². The van der Waals surface area contributed by atoms with E-state index in [1.165, 1.54) is 4.52 Å². The number of rotatable bonds is 5. The maximum absolute atomic E-state index is 13.0. The standard InChI is InChI=1S/C22H25N5O3/c1-14-7-9-15(10-8-14)20-24-22-26(13-19(28)23-12-16-4-3-11-30-16)18-6-2-5-17(18)21(29)27(22)25-20/h7-10,16H,2-6,11-13H2,1H3,(H,23,28). The van der Waals surface area contributed by atoms with Gasteiger partial charge in [0, 0.05) is 30.0 Å². The fraction of sp³-hybridized carbons (Fsp3) is 0.455. The summed E-state index contributed by atoms with van der Waals surface area (Å²) in [7, 11) is 0. The van der Waals surface area contributed by atoms with Crippen LogP contribution < -0.4 is 10.9 Å². The van der Waals surface area contributed by atoms with Crippen molar-refractivity contribution in [1.29, 1.82) is 0 Å². The number of fused-ring (bicyclic) bond motifs is 2. The number of carbonyl (C=O) groups excluding carboxylic acids is 1. The van der Waals surface area contributed by atoms with Crippen LogP contribution >= 0.6 is 0 Å². The molecule has 1 unspecified atom stereocenters. The van der Waals surface area contributed by atoms with Crippen LogP contribution in [0.3, 0.4) is 0 Å². The van der Waals surface area contributed by atoms with Crippen LogP contribution in [0, 0.1) is 6.92 Å². The number of hydrogen-bond donors (Lipinski definition) is 1. The molecule has 1 saturated heterocycles. The van der Waals surface area contributed by atoms with Gasteiger partial charge >= 0.3 is 0 Å². The van der Waals surface area contributed by atoms with Crippen LogP contribution in [0.25, 0.3) is 17.2 Å². The molecule has 0 bridgehead atoms. The molecule has 8 nitrogen and oxygen atoms in total. The smallest absolute Gasteiger partial charge is 0.279 e. The van der Waals surface area contributed by atoms with Gasteiger partial charge in [-0.2, -0.15) is 9.50 Å². The number of aryl methyl sites for hydroxylation is 1. The Morgan fingerprint density at radius 3 is 2.83 bits per heavy atom. The van der Waals surface area contributed by atoms with Crippen LogP contribution in [0.4, 0.5) is 0 Å². The monoisotopic (exact) mass is 407 g/mol. The molecule has 1 aliphatic heterocycles. The van der Waals surface area contributed by atoms with Crippen molar-refractivity contribution < 1.29 is 9.53 Å². The molecule has 1 atom stereocenters. The quantitative estimate of drug-likeness (QED) is 0.695. The van der Waals surface area contributed by atoms with Crippen LogP contribution in [0.15, 0.2) is 29.1 Å². The van der Waals surface area contributed by atoms with Crippen LogP contribution in [0.1, 0.15) is 36.1 Å². The predicted octanol–water partition coefficient (Wildman–Crippen LogP) is 1.65. The van der Waals surface area contributed by atoms with Gasteiger partial charge in [0.1, 0.15) is 6.54 Å². The van der Waals surface area contributed by atoms with Crippen molar-refractivity contribution in [2.75, 3.05) is 13.2 Å². The van der Waals surface area contributed by atoms with Crippen molar-refractivity contribution in [1.82, 2.24) is 24.5 Å². The molecule has 0 radical (unpaired) electrons.